The largest absolute Gasteiger partial charge is 0.465 e. The average Bonchev–Trinajstić information content (AvgIpc) is 2.85. The van der Waals surface area contributed by atoms with Crippen LogP contribution in [0, 0.1) is 5.82 Å². The zero-order chi connectivity index (χ0) is 16.6. The smallest absolute Gasteiger partial charge is 0.310 e. The number of carbonyl (C=O) groups is 2. The van der Waals surface area contributed by atoms with Crippen molar-refractivity contribution >= 4 is 22.7 Å². The van der Waals surface area contributed by atoms with Gasteiger partial charge in [0.1, 0.15) is 5.82 Å². The van der Waals surface area contributed by atoms with E-state index < -0.39 is 6.04 Å². The van der Waals surface area contributed by atoms with Gasteiger partial charge in [-0.2, -0.15) is 0 Å². The van der Waals surface area contributed by atoms with Gasteiger partial charge in [-0.1, -0.05) is 19.1 Å². The van der Waals surface area contributed by atoms with Gasteiger partial charge in [0.05, 0.1) is 24.6 Å². The lowest BCUT2D eigenvalue weighted by Gasteiger charge is -2.23. The van der Waals surface area contributed by atoms with Crippen molar-refractivity contribution in [1.82, 2.24) is 4.57 Å². The molecule has 2 heterocycles. The number of ketones is 1. The summed E-state index contributed by atoms with van der Waals surface area (Å²) in [4.78, 5) is 24.1. The highest BCUT2D eigenvalue weighted by Crippen LogP contribution is 2.36. The number of para-hydroxylation sites is 1. The molecule has 1 aromatic carbocycles. The Morgan fingerprint density at radius 2 is 2.17 bits per heavy atom. The maximum absolute atomic E-state index is 14.4. The van der Waals surface area contributed by atoms with Crippen LogP contribution in [0.1, 0.15) is 44.0 Å². The fourth-order valence-corrected chi connectivity index (χ4v) is 3.34. The molecule has 5 heteroatoms. The molecule has 0 radical (unpaired) electrons. The summed E-state index contributed by atoms with van der Waals surface area (Å²) in [5.74, 6) is -0.577. The number of hydrogen-bond acceptors (Lipinski definition) is 3. The standard InChI is InChI=1S/C18H20FNO3/c1-3-9-23-17(22)10-13-12-5-4-6-14(19)18(12)20-11(2)16(21)8-7-15(13)20/h4-6,11H,3,7-10H2,1-2H3. The molecule has 1 unspecified atom stereocenters. The van der Waals surface area contributed by atoms with Crippen molar-refractivity contribution in [2.24, 2.45) is 0 Å². The summed E-state index contributed by atoms with van der Waals surface area (Å²) < 4.78 is 21.3. The molecule has 23 heavy (non-hydrogen) atoms. The zero-order valence-electron chi connectivity index (χ0n) is 13.4. The zero-order valence-corrected chi connectivity index (χ0v) is 13.4. The Hall–Kier alpha value is -2.17. The van der Waals surface area contributed by atoms with E-state index in [1.807, 2.05) is 13.0 Å². The number of carbonyl (C=O) groups excluding carboxylic acids is 2. The third-order valence-corrected chi connectivity index (χ3v) is 4.44. The van der Waals surface area contributed by atoms with Crippen LogP contribution in [-0.2, 0) is 27.2 Å². The minimum absolute atomic E-state index is 0.0952. The Labute approximate surface area is 134 Å². The molecule has 1 aliphatic rings. The lowest BCUT2D eigenvalue weighted by Crippen LogP contribution is -2.25. The van der Waals surface area contributed by atoms with Crippen molar-refractivity contribution in [2.45, 2.75) is 45.6 Å². The van der Waals surface area contributed by atoms with Crippen LogP contribution in [0.3, 0.4) is 0 Å². The van der Waals surface area contributed by atoms with E-state index in [-0.39, 0.29) is 24.0 Å². The van der Waals surface area contributed by atoms with Gasteiger partial charge in [0.2, 0.25) is 0 Å². The van der Waals surface area contributed by atoms with E-state index in [2.05, 4.69) is 0 Å². The Bertz CT molecular complexity index is 778. The molecule has 0 N–H and O–H groups in total. The van der Waals surface area contributed by atoms with Crippen LogP contribution in [0.2, 0.25) is 0 Å². The summed E-state index contributed by atoms with van der Waals surface area (Å²) in [6.45, 7) is 4.11. The van der Waals surface area contributed by atoms with Gasteiger partial charge in [0.15, 0.2) is 5.78 Å². The molecule has 1 aliphatic heterocycles. The van der Waals surface area contributed by atoms with Crippen molar-refractivity contribution in [2.75, 3.05) is 6.61 Å². The number of Topliss-reactive ketones (excluding diaryl/α,β-unsaturated/α-hetero) is 1. The fraction of sp³-hybridized carbons (Fsp3) is 0.444. The van der Waals surface area contributed by atoms with E-state index in [9.17, 15) is 14.0 Å². The number of rotatable bonds is 4. The summed E-state index contributed by atoms with van der Waals surface area (Å²) in [6.07, 6.45) is 1.84. The Morgan fingerprint density at radius 1 is 1.39 bits per heavy atom. The maximum atomic E-state index is 14.4. The highest BCUT2D eigenvalue weighted by atomic mass is 19.1. The number of benzene rings is 1. The van der Waals surface area contributed by atoms with Gasteiger partial charge in [-0.15, -0.1) is 0 Å². The quantitative estimate of drug-likeness (QED) is 0.813. The summed E-state index contributed by atoms with van der Waals surface area (Å²) in [5, 5.41) is 0.704. The van der Waals surface area contributed by atoms with Crippen LogP contribution in [0.5, 0.6) is 0 Å². The molecular weight excluding hydrogens is 297 g/mol. The third kappa shape index (κ3) is 2.64. The number of esters is 1. The number of ether oxygens (including phenoxy) is 1. The number of aromatic nitrogens is 1. The Kier molecular flexibility index (Phi) is 4.20. The summed E-state index contributed by atoms with van der Waals surface area (Å²) in [5.41, 5.74) is 2.09. The van der Waals surface area contributed by atoms with Crippen LogP contribution < -0.4 is 0 Å². The third-order valence-electron chi connectivity index (χ3n) is 4.44. The monoisotopic (exact) mass is 317 g/mol. The van der Waals surface area contributed by atoms with E-state index in [0.717, 1.165) is 17.7 Å². The van der Waals surface area contributed by atoms with Crippen LogP contribution in [0.15, 0.2) is 18.2 Å². The van der Waals surface area contributed by atoms with Gasteiger partial charge in [0, 0.05) is 17.5 Å². The molecule has 1 atom stereocenters. The normalized spacial score (nSPS) is 17.3. The minimum Gasteiger partial charge on any atom is -0.465 e. The summed E-state index contributed by atoms with van der Waals surface area (Å²) in [7, 11) is 0. The van der Waals surface area contributed by atoms with Crippen molar-refractivity contribution in [1.29, 1.82) is 0 Å². The maximum Gasteiger partial charge on any atom is 0.310 e. The van der Waals surface area contributed by atoms with Gasteiger partial charge < -0.3 is 9.30 Å². The minimum atomic E-state index is -0.404. The molecule has 122 valence electrons. The fourth-order valence-electron chi connectivity index (χ4n) is 3.34. The predicted octanol–water partition coefficient (Wildman–Crippen LogP) is 3.35. The molecule has 0 bridgehead atoms. The number of halogens is 1. The summed E-state index contributed by atoms with van der Waals surface area (Å²) in [6, 6.07) is 4.43. The van der Waals surface area contributed by atoms with Crippen LogP contribution in [0.25, 0.3) is 10.9 Å². The van der Waals surface area contributed by atoms with Crippen LogP contribution >= 0.6 is 0 Å². The van der Waals surface area contributed by atoms with Gasteiger partial charge >= 0.3 is 5.97 Å². The van der Waals surface area contributed by atoms with Crippen molar-refractivity contribution in [3.8, 4) is 0 Å². The molecule has 1 aromatic heterocycles. The van der Waals surface area contributed by atoms with E-state index in [0.29, 0.717) is 30.4 Å². The first-order valence-corrected chi connectivity index (χ1v) is 8.03. The first kappa shape index (κ1) is 15.7. The molecule has 0 saturated carbocycles. The summed E-state index contributed by atoms with van der Waals surface area (Å²) >= 11 is 0. The SMILES string of the molecule is CCCOC(=O)Cc1c2n(c3c(F)cccc13)C(C)C(=O)CC2. The molecule has 0 spiro atoms. The van der Waals surface area contributed by atoms with Crippen molar-refractivity contribution < 1.29 is 18.7 Å². The van der Waals surface area contributed by atoms with Gasteiger partial charge in [-0.05, 0) is 31.4 Å². The second kappa shape index (κ2) is 6.14. The second-order valence-corrected chi connectivity index (χ2v) is 5.97. The molecule has 2 aromatic rings. The highest BCUT2D eigenvalue weighted by Gasteiger charge is 2.30. The number of nitrogens with zero attached hydrogens (tertiary/aromatic N) is 1. The topological polar surface area (TPSA) is 48.3 Å². The lowest BCUT2D eigenvalue weighted by atomic mass is 9.99. The molecule has 0 saturated heterocycles. The van der Waals surface area contributed by atoms with E-state index in [1.54, 1.807) is 17.6 Å². The second-order valence-electron chi connectivity index (χ2n) is 5.97. The molecule has 0 amide bonds. The molecule has 0 fully saturated rings. The van der Waals surface area contributed by atoms with Crippen LogP contribution in [0.4, 0.5) is 4.39 Å². The lowest BCUT2D eigenvalue weighted by molar-refractivity contribution is -0.142. The molecule has 4 nitrogen and oxygen atoms in total. The van der Waals surface area contributed by atoms with Crippen molar-refractivity contribution in [3.63, 3.8) is 0 Å². The first-order valence-electron chi connectivity index (χ1n) is 8.03. The Balaban J connectivity index is 2.13. The van der Waals surface area contributed by atoms with Gasteiger partial charge in [-0.3, -0.25) is 9.59 Å². The predicted molar refractivity (Wildman–Crippen MR) is 84.9 cm³/mol. The van der Waals surface area contributed by atoms with Gasteiger partial charge in [-0.25, -0.2) is 4.39 Å². The molecular formula is C18H20FNO3. The molecule has 0 aliphatic carbocycles. The van der Waals surface area contributed by atoms with E-state index in [4.69, 9.17) is 4.74 Å². The van der Waals surface area contributed by atoms with Gasteiger partial charge in [0.25, 0.3) is 0 Å². The van der Waals surface area contributed by atoms with Crippen molar-refractivity contribution in [3.05, 3.63) is 35.3 Å². The number of hydrogen-bond donors (Lipinski definition) is 0. The van der Waals surface area contributed by atoms with E-state index in [1.165, 1.54) is 6.07 Å². The van der Waals surface area contributed by atoms with Crippen LogP contribution in [-0.4, -0.2) is 22.9 Å². The van der Waals surface area contributed by atoms with E-state index >= 15 is 0 Å². The highest BCUT2D eigenvalue weighted by molar-refractivity contribution is 5.94. The molecule has 3 rings (SSSR count). The first-order chi connectivity index (χ1) is 11.0. The number of fused-ring (bicyclic) bond motifs is 3. The average molecular weight is 317 g/mol. The Morgan fingerprint density at radius 3 is 2.91 bits per heavy atom.